The molecule has 2 aromatic carbocycles. The minimum atomic E-state index is -3.58. The second-order valence-corrected chi connectivity index (χ2v) is 6.28. The van der Waals surface area contributed by atoms with Gasteiger partial charge in [0.1, 0.15) is 5.75 Å². The zero-order chi connectivity index (χ0) is 14.8. The van der Waals surface area contributed by atoms with Crippen molar-refractivity contribution in [2.45, 2.75) is 18.7 Å². The van der Waals surface area contributed by atoms with Gasteiger partial charge in [0.2, 0.25) is 0 Å². The molecule has 0 heterocycles. The molecule has 0 bridgehead atoms. The van der Waals surface area contributed by atoms with Crippen molar-refractivity contribution >= 4 is 15.7 Å². The van der Waals surface area contributed by atoms with E-state index in [2.05, 4.69) is 4.72 Å². The van der Waals surface area contributed by atoms with E-state index in [4.69, 9.17) is 4.74 Å². The summed E-state index contributed by atoms with van der Waals surface area (Å²) in [6.45, 7) is 3.84. The van der Waals surface area contributed by atoms with Crippen LogP contribution in [-0.2, 0) is 10.0 Å². The number of sulfonamides is 1. The molecule has 0 spiro atoms. The number of benzene rings is 2. The average molecular weight is 291 g/mol. The van der Waals surface area contributed by atoms with Gasteiger partial charge in [-0.1, -0.05) is 17.7 Å². The molecule has 0 aliphatic heterocycles. The van der Waals surface area contributed by atoms with Crippen LogP contribution in [0.4, 0.5) is 5.69 Å². The standard InChI is InChI=1S/C15H17NO3S/c1-11-4-9-15(12(2)10-11)16-20(17,18)14-7-5-13(19-3)6-8-14/h4-10,16H,1-3H3. The summed E-state index contributed by atoms with van der Waals surface area (Å²) in [5.74, 6) is 0.621. The van der Waals surface area contributed by atoms with E-state index >= 15 is 0 Å². The SMILES string of the molecule is COc1ccc(S(=O)(=O)Nc2ccc(C)cc2C)cc1. The number of hydrogen-bond donors (Lipinski definition) is 1. The molecular formula is C15H17NO3S. The molecule has 106 valence electrons. The first-order chi connectivity index (χ1) is 9.42. The maximum Gasteiger partial charge on any atom is 0.261 e. The molecule has 0 fully saturated rings. The van der Waals surface area contributed by atoms with Gasteiger partial charge in [-0.25, -0.2) is 8.42 Å². The fourth-order valence-electron chi connectivity index (χ4n) is 1.89. The van der Waals surface area contributed by atoms with Gasteiger partial charge < -0.3 is 4.74 Å². The Bertz CT molecular complexity index is 706. The summed E-state index contributed by atoms with van der Waals surface area (Å²) in [4.78, 5) is 0.207. The molecule has 0 saturated carbocycles. The van der Waals surface area contributed by atoms with Crippen molar-refractivity contribution in [1.82, 2.24) is 0 Å². The van der Waals surface area contributed by atoms with Crippen molar-refractivity contribution < 1.29 is 13.2 Å². The third-order valence-electron chi connectivity index (χ3n) is 3.00. The molecule has 20 heavy (non-hydrogen) atoms. The summed E-state index contributed by atoms with van der Waals surface area (Å²) in [5.41, 5.74) is 2.57. The van der Waals surface area contributed by atoms with Gasteiger partial charge in [0.25, 0.3) is 10.0 Å². The largest absolute Gasteiger partial charge is 0.497 e. The predicted octanol–water partition coefficient (Wildman–Crippen LogP) is 3.11. The number of nitrogens with one attached hydrogen (secondary N) is 1. The van der Waals surface area contributed by atoms with Gasteiger partial charge in [-0.05, 0) is 49.7 Å². The lowest BCUT2D eigenvalue weighted by Crippen LogP contribution is -2.13. The Morgan fingerprint density at radius 3 is 2.20 bits per heavy atom. The number of hydrogen-bond acceptors (Lipinski definition) is 3. The van der Waals surface area contributed by atoms with E-state index in [1.165, 1.54) is 19.2 Å². The topological polar surface area (TPSA) is 55.4 Å². The second kappa shape index (κ2) is 5.54. The number of anilines is 1. The first-order valence-corrected chi connectivity index (χ1v) is 7.65. The Labute approximate surface area is 119 Å². The van der Waals surface area contributed by atoms with Crippen molar-refractivity contribution in [2.24, 2.45) is 0 Å². The summed E-state index contributed by atoms with van der Waals surface area (Å²) in [6.07, 6.45) is 0. The Balaban J connectivity index is 2.30. The second-order valence-electron chi connectivity index (χ2n) is 4.60. The normalized spacial score (nSPS) is 11.2. The Morgan fingerprint density at radius 1 is 1.00 bits per heavy atom. The summed E-state index contributed by atoms with van der Waals surface area (Å²) in [7, 11) is -2.04. The molecule has 0 aliphatic rings. The molecule has 5 heteroatoms. The lowest BCUT2D eigenvalue weighted by Gasteiger charge is -2.11. The fraction of sp³-hybridized carbons (Fsp3) is 0.200. The van der Waals surface area contributed by atoms with Crippen molar-refractivity contribution in [2.75, 3.05) is 11.8 Å². The average Bonchev–Trinajstić information content (AvgIpc) is 2.42. The minimum absolute atomic E-state index is 0.207. The molecule has 2 aromatic rings. The van der Waals surface area contributed by atoms with E-state index in [1.54, 1.807) is 18.2 Å². The van der Waals surface area contributed by atoms with Crippen molar-refractivity contribution in [3.63, 3.8) is 0 Å². The zero-order valence-corrected chi connectivity index (χ0v) is 12.5. The zero-order valence-electron chi connectivity index (χ0n) is 11.7. The van der Waals surface area contributed by atoms with E-state index in [0.29, 0.717) is 11.4 Å². The third-order valence-corrected chi connectivity index (χ3v) is 4.38. The number of methoxy groups -OCH3 is 1. The molecular weight excluding hydrogens is 274 g/mol. The maximum absolute atomic E-state index is 12.3. The monoisotopic (exact) mass is 291 g/mol. The molecule has 4 nitrogen and oxygen atoms in total. The van der Waals surface area contributed by atoms with Crippen LogP contribution in [0.3, 0.4) is 0 Å². The molecule has 0 aliphatic carbocycles. The van der Waals surface area contributed by atoms with Gasteiger partial charge in [0.15, 0.2) is 0 Å². The number of aryl methyl sites for hydroxylation is 2. The van der Waals surface area contributed by atoms with Gasteiger partial charge in [-0.3, -0.25) is 4.72 Å². The first-order valence-electron chi connectivity index (χ1n) is 6.16. The quantitative estimate of drug-likeness (QED) is 0.941. The number of ether oxygens (including phenoxy) is 1. The minimum Gasteiger partial charge on any atom is -0.497 e. The third kappa shape index (κ3) is 3.11. The molecule has 0 unspecified atom stereocenters. The van der Waals surface area contributed by atoms with Crippen LogP contribution in [0.25, 0.3) is 0 Å². The smallest absolute Gasteiger partial charge is 0.261 e. The molecule has 2 rings (SSSR count). The summed E-state index contributed by atoms with van der Waals surface area (Å²) >= 11 is 0. The predicted molar refractivity (Wildman–Crippen MR) is 79.7 cm³/mol. The van der Waals surface area contributed by atoms with E-state index in [9.17, 15) is 8.42 Å². The summed E-state index contributed by atoms with van der Waals surface area (Å²) in [6, 6.07) is 11.9. The van der Waals surface area contributed by atoms with Crippen LogP contribution in [0.1, 0.15) is 11.1 Å². The molecule has 0 saturated heterocycles. The highest BCUT2D eigenvalue weighted by Crippen LogP contribution is 2.22. The van der Waals surface area contributed by atoms with Crippen molar-refractivity contribution in [3.8, 4) is 5.75 Å². The highest BCUT2D eigenvalue weighted by atomic mass is 32.2. The van der Waals surface area contributed by atoms with Gasteiger partial charge in [-0.15, -0.1) is 0 Å². The van der Waals surface area contributed by atoms with Crippen LogP contribution in [0, 0.1) is 13.8 Å². The van der Waals surface area contributed by atoms with Crippen LogP contribution in [0.5, 0.6) is 5.75 Å². The van der Waals surface area contributed by atoms with E-state index in [0.717, 1.165) is 11.1 Å². The van der Waals surface area contributed by atoms with E-state index in [-0.39, 0.29) is 4.90 Å². The molecule has 1 N–H and O–H groups in total. The molecule has 0 aromatic heterocycles. The first kappa shape index (κ1) is 14.4. The van der Waals surface area contributed by atoms with Gasteiger partial charge in [0, 0.05) is 0 Å². The maximum atomic E-state index is 12.3. The van der Waals surface area contributed by atoms with Crippen LogP contribution in [-0.4, -0.2) is 15.5 Å². The molecule has 0 atom stereocenters. The van der Waals surface area contributed by atoms with Crippen LogP contribution < -0.4 is 9.46 Å². The molecule has 0 radical (unpaired) electrons. The summed E-state index contributed by atoms with van der Waals surface area (Å²) in [5, 5.41) is 0. The summed E-state index contributed by atoms with van der Waals surface area (Å²) < 4.78 is 32.2. The Kier molecular flexibility index (Phi) is 3.99. The van der Waals surface area contributed by atoms with E-state index in [1.807, 2.05) is 26.0 Å². The van der Waals surface area contributed by atoms with Crippen LogP contribution in [0.15, 0.2) is 47.4 Å². The number of rotatable bonds is 4. The van der Waals surface area contributed by atoms with Crippen LogP contribution in [0.2, 0.25) is 0 Å². The fourth-order valence-corrected chi connectivity index (χ4v) is 3.02. The van der Waals surface area contributed by atoms with Gasteiger partial charge in [-0.2, -0.15) is 0 Å². The highest BCUT2D eigenvalue weighted by molar-refractivity contribution is 7.92. The van der Waals surface area contributed by atoms with Crippen LogP contribution >= 0.6 is 0 Å². The van der Waals surface area contributed by atoms with E-state index < -0.39 is 10.0 Å². The van der Waals surface area contributed by atoms with Gasteiger partial charge in [0.05, 0.1) is 17.7 Å². The Hall–Kier alpha value is -2.01. The van der Waals surface area contributed by atoms with Crippen molar-refractivity contribution in [3.05, 3.63) is 53.6 Å². The lowest BCUT2D eigenvalue weighted by atomic mass is 10.1. The van der Waals surface area contributed by atoms with Crippen molar-refractivity contribution in [1.29, 1.82) is 0 Å². The highest BCUT2D eigenvalue weighted by Gasteiger charge is 2.15. The van der Waals surface area contributed by atoms with Gasteiger partial charge >= 0.3 is 0 Å². The Morgan fingerprint density at radius 2 is 1.65 bits per heavy atom. The lowest BCUT2D eigenvalue weighted by molar-refractivity contribution is 0.414. The molecule has 0 amide bonds.